The molecule has 0 saturated carbocycles. The molecule has 1 aromatic rings. The van der Waals surface area contributed by atoms with Gasteiger partial charge in [0.2, 0.25) is 5.89 Å². The van der Waals surface area contributed by atoms with Crippen molar-refractivity contribution in [3.8, 4) is 0 Å². The lowest BCUT2D eigenvalue weighted by atomic mass is 10.4. The van der Waals surface area contributed by atoms with Gasteiger partial charge in [0.05, 0.1) is 12.6 Å². The van der Waals surface area contributed by atoms with E-state index in [2.05, 4.69) is 15.5 Å². The van der Waals surface area contributed by atoms with Gasteiger partial charge in [0, 0.05) is 14.0 Å². The number of hydrogen-bond acceptors (Lipinski definition) is 5. The minimum Gasteiger partial charge on any atom is -0.408 e. The van der Waals surface area contributed by atoms with Crippen LogP contribution in [-0.4, -0.2) is 30.0 Å². The zero-order valence-electron chi connectivity index (χ0n) is 7.50. The lowest BCUT2D eigenvalue weighted by Crippen LogP contribution is -2.20. The van der Waals surface area contributed by atoms with Crippen LogP contribution in [0.1, 0.15) is 12.8 Å². The molecule has 0 unspecified atom stereocenters. The molecular weight excluding hydrogens is 158 g/mol. The summed E-state index contributed by atoms with van der Waals surface area (Å²) in [6, 6.07) is 0.617. The molecule has 0 saturated heterocycles. The van der Waals surface area contributed by atoms with Crippen LogP contribution in [0.15, 0.2) is 4.42 Å². The molecule has 1 atom stereocenters. The molecule has 0 bridgehead atoms. The Balaban J connectivity index is 2.41. The Morgan fingerprint density at radius 2 is 2.33 bits per heavy atom. The highest BCUT2D eigenvalue weighted by atomic mass is 16.5. The summed E-state index contributed by atoms with van der Waals surface area (Å²) in [5, 5.41) is 10.5. The number of nitrogens with one attached hydrogen (secondary N) is 1. The zero-order valence-corrected chi connectivity index (χ0v) is 7.50. The van der Waals surface area contributed by atoms with Crippen molar-refractivity contribution in [2.24, 2.45) is 0 Å². The zero-order chi connectivity index (χ0) is 8.97. The molecule has 1 aromatic heterocycles. The summed E-state index contributed by atoms with van der Waals surface area (Å²) in [5.41, 5.74) is 0. The van der Waals surface area contributed by atoms with Crippen LogP contribution in [0.2, 0.25) is 0 Å². The van der Waals surface area contributed by atoms with E-state index < -0.39 is 0 Å². The largest absolute Gasteiger partial charge is 0.408 e. The molecule has 12 heavy (non-hydrogen) atoms. The summed E-state index contributed by atoms with van der Waals surface area (Å²) in [4.78, 5) is 0. The normalized spacial score (nSPS) is 12.9. The van der Waals surface area contributed by atoms with Crippen molar-refractivity contribution in [1.82, 2.24) is 10.2 Å². The van der Waals surface area contributed by atoms with Crippen LogP contribution in [0.3, 0.4) is 0 Å². The molecule has 1 rings (SSSR count). The van der Waals surface area contributed by atoms with Crippen molar-refractivity contribution >= 4 is 6.01 Å². The highest BCUT2D eigenvalue weighted by Gasteiger charge is 2.05. The molecule has 1 heterocycles. The van der Waals surface area contributed by atoms with Crippen molar-refractivity contribution in [2.75, 3.05) is 19.0 Å². The maximum Gasteiger partial charge on any atom is 0.315 e. The van der Waals surface area contributed by atoms with Crippen LogP contribution in [-0.2, 0) is 4.74 Å². The fraction of sp³-hybridized carbons (Fsp3) is 0.714. The Bertz CT molecular complexity index is 236. The highest BCUT2D eigenvalue weighted by Crippen LogP contribution is 2.05. The van der Waals surface area contributed by atoms with E-state index in [0.29, 0.717) is 18.5 Å². The first-order chi connectivity index (χ1) is 5.72. The molecular formula is C7H13N3O2. The first-order valence-corrected chi connectivity index (χ1v) is 3.78. The Hall–Kier alpha value is -1.10. The molecule has 0 aliphatic carbocycles. The van der Waals surface area contributed by atoms with E-state index in [9.17, 15) is 0 Å². The van der Waals surface area contributed by atoms with Crippen LogP contribution in [0.4, 0.5) is 6.01 Å². The molecule has 68 valence electrons. The standard InChI is InChI=1S/C7H13N3O2/c1-5(4-11-3)8-7-10-9-6(2)12-7/h5H,4H2,1-3H3,(H,8,10)/t5-/m1/s1. The number of anilines is 1. The van der Waals surface area contributed by atoms with Crippen LogP contribution in [0.25, 0.3) is 0 Å². The number of nitrogens with zero attached hydrogens (tertiary/aromatic N) is 2. The number of aryl methyl sites for hydroxylation is 1. The van der Waals surface area contributed by atoms with Gasteiger partial charge in [0.1, 0.15) is 0 Å². The Morgan fingerprint density at radius 1 is 1.58 bits per heavy atom. The van der Waals surface area contributed by atoms with Gasteiger partial charge in [-0.1, -0.05) is 5.10 Å². The summed E-state index contributed by atoms with van der Waals surface area (Å²) < 4.78 is 10.0. The van der Waals surface area contributed by atoms with Crippen molar-refractivity contribution in [3.05, 3.63) is 5.89 Å². The van der Waals surface area contributed by atoms with E-state index in [1.54, 1.807) is 14.0 Å². The third-order valence-electron chi connectivity index (χ3n) is 1.31. The first-order valence-electron chi connectivity index (χ1n) is 3.78. The van der Waals surface area contributed by atoms with Gasteiger partial charge in [0.15, 0.2) is 0 Å². The van der Waals surface area contributed by atoms with E-state index in [0.717, 1.165) is 0 Å². The van der Waals surface area contributed by atoms with Gasteiger partial charge in [-0.2, -0.15) is 0 Å². The van der Waals surface area contributed by atoms with Crippen molar-refractivity contribution < 1.29 is 9.15 Å². The molecule has 0 aromatic carbocycles. The fourth-order valence-corrected chi connectivity index (χ4v) is 0.857. The van der Waals surface area contributed by atoms with Gasteiger partial charge < -0.3 is 14.5 Å². The predicted octanol–water partition coefficient (Wildman–Crippen LogP) is 0.825. The molecule has 0 aliphatic heterocycles. The SMILES string of the molecule is COC[C@@H](C)Nc1nnc(C)o1. The van der Waals surface area contributed by atoms with E-state index in [1.165, 1.54) is 0 Å². The topological polar surface area (TPSA) is 60.2 Å². The van der Waals surface area contributed by atoms with E-state index in [4.69, 9.17) is 9.15 Å². The van der Waals surface area contributed by atoms with E-state index in [1.807, 2.05) is 6.92 Å². The van der Waals surface area contributed by atoms with Gasteiger partial charge in [-0.15, -0.1) is 5.10 Å². The van der Waals surface area contributed by atoms with Gasteiger partial charge in [0.25, 0.3) is 0 Å². The lowest BCUT2D eigenvalue weighted by molar-refractivity contribution is 0.189. The Labute approximate surface area is 71.1 Å². The monoisotopic (exact) mass is 171 g/mol. The van der Waals surface area contributed by atoms with Gasteiger partial charge in [-0.3, -0.25) is 0 Å². The average molecular weight is 171 g/mol. The third kappa shape index (κ3) is 2.50. The second kappa shape index (κ2) is 4.06. The Morgan fingerprint density at radius 3 is 2.83 bits per heavy atom. The molecule has 1 N–H and O–H groups in total. The first kappa shape index (κ1) is 8.99. The second-order valence-electron chi connectivity index (χ2n) is 2.63. The van der Waals surface area contributed by atoms with Crippen molar-refractivity contribution in [1.29, 1.82) is 0 Å². The number of rotatable bonds is 4. The number of ether oxygens (including phenoxy) is 1. The molecule has 5 nitrogen and oxygen atoms in total. The lowest BCUT2D eigenvalue weighted by Gasteiger charge is -2.09. The third-order valence-corrected chi connectivity index (χ3v) is 1.31. The number of hydrogen-bond donors (Lipinski definition) is 1. The summed E-state index contributed by atoms with van der Waals surface area (Å²) in [7, 11) is 1.65. The van der Waals surface area contributed by atoms with E-state index in [-0.39, 0.29) is 6.04 Å². The molecule has 0 aliphatic rings. The summed E-state index contributed by atoms with van der Waals surface area (Å²) in [6.45, 7) is 4.34. The van der Waals surface area contributed by atoms with Gasteiger partial charge in [-0.05, 0) is 6.92 Å². The number of methoxy groups -OCH3 is 1. The maximum absolute atomic E-state index is 5.11. The molecule has 5 heteroatoms. The predicted molar refractivity (Wildman–Crippen MR) is 44.0 cm³/mol. The minimum absolute atomic E-state index is 0.176. The van der Waals surface area contributed by atoms with Crippen LogP contribution in [0, 0.1) is 6.92 Å². The quantitative estimate of drug-likeness (QED) is 0.726. The molecule has 0 fully saturated rings. The smallest absolute Gasteiger partial charge is 0.315 e. The average Bonchev–Trinajstić information content (AvgIpc) is 2.36. The minimum atomic E-state index is 0.176. The van der Waals surface area contributed by atoms with Gasteiger partial charge >= 0.3 is 6.01 Å². The Kier molecular flexibility index (Phi) is 3.04. The van der Waals surface area contributed by atoms with E-state index >= 15 is 0 Å². The van der Waals surface area contributed by atoms with Crippen LogP contribution >= 0.6 is 0 Å². The molecule has 0 amide bonds. The second-order valence-corrected chi connectivity index (χ2v) is 2.63. The summed E-state index contributed by atoms with van der Waals surface area (Å²) in [6.07, 6.45) is 0. The highest BCUT2D eigenvalue weighted by molar-refractivity contribution is 5.18. The van der Waals surface area contributed by atoms with Crippen molar-refractivity contribution in [3.63, 3.8) is 0 Å². The maximum atomic E-state index is 5.11. The molecule has 0 spiro atoms. The summed E-state index contributed by atoms with van der Waals surface area (Å²) >= 11 is 0. The van der Waals surface area contributed by atoms with Crippen LogP contribution in [0.5, 0.6) is 0 Å². The fourth-order valence-electron chi connectivity index (χ4n) is 0.857. The molecule has 0 radical (unpaired) electrons. The summed E-state index contributed by atoms with van der Waals surface area (Å²) in [5.74, 6) is 0.558. The number of aromatic nitrogens is 2. The van der Waals surface area contributed by atoms with Crippen LogP contribution < -0.4 is 5.32 Å². The van der Waals surface area contributed by atoms with Crippen molar-refractivity contribution in [2.45, 2.75) is 19.9 Å². The van der Waals surface area contributed by atoms with Gasteiger partial charge in [-0.25, -0.2) is 0 Å².